The number of hydrogen-bond acceptors (Lipinski definition) is 1. The Kier molecular flexibility index (Phi) is 5.89. The Morgan fingerprint density at radius 2 is 0.822 bits per heavy atom. The fourth-order valence-corrected chi connectivity index (χ4v) is 7.06. The molecular weight excluding hydrogens is 542 g/mol. The molecule has 1 nitrogen and oxygen atoms in total. The number of anilines is 3. The molecule has 0 aliphatic heterocycles. The molecular formula is C44H29N. The normalized spacial score (nSPS) is 11.6. The van der Waals surface area contributed by atoms with Gasteiger partial charge < -0.3 is 4.90 Å². The van der Waals surface area contributed by atoms with Gasteiger partial charge in [0.2, 0.25) is 0 Å². The van der Waals surface area contributed by atoms with Gasteiger partial charge in [0.1, 0.15) is 0 Å². The van der Waals surface area contributed by atoms with Crippen LogP contribution in [0.3, 0.4) is 0 Å². The second-order valence-corrected chi connectivity index (χ2v) is 11.8. The average Bonchev–Trinajstić information content (AvgIpc) is 3.12. The summed E-state index contributed by atoms with van der Waals surface area (Å²) in [5, 5.41) is 12.5. The smallest absolute Gasteiger partial charge is 0.0552 e. The van der Waals surface area contributed by atoms with Gasteiger partial charge in [-0.15, -0.1) is 0 Å². The second kappa shape index (κ2) is 10.4. The first-order valence-corrected chi connectivity index (χ1v) is 15.5. The van der Waals surface area contributed by atoms with E-state index in [1.165, 1.54) is 70.7 Å². The lowest BCUT2D eigenvalue weighted by Gasteiger charge is -2.29. The van der Waals surface area contributed by atoms with Crippen molar-refractivity contribution in [3.05, 3.63) is 176 Å². The fourth-order valence-electron chi connectivity index (χ4n) is 7.06. The van der Waals surface area contributed by atoms with E-state index in [2.05, 4.69) is 181 Å². The Bertz CT molecular complexity index is 2550. The number of benzene rings is 9. The third-order valence-electron chi connectivity index (χ3n) is 9.17. The van der Waals surface area contributed by atoms with Gasteiger partial charge in [0.25, 0.3) is 0 Å². The summed E-state index contributed by atoms with van der Waals surface area (Å²) >= 11 is 0. The van der Waals surface area contributed by atoms with Crippen molar-refractivity contribution in [3.8, 4) is 11.1 Å². The van der Waals surface area contributed by atoms with Crippen molar-refractivity contribution in [1.82, 2.24) is 0 Å². The maximum Gasteiger partial charge on any atom is 0.0552 e. The maximum atomic E-state index is 2.46. The largest absolute Gasteiger partial charge is 0.310 e. The van der Waals surface area contributed by atoms with Crippen LogP contribution in [-0.2, 0) is 0 Å². The van der Waals surface area contributed by atoms with E-state index < -0.39 is 0 Å². The second-order valence-electron chi connectivity index (χ2n) is 11.8. The van der Waals surface area contributed by atoms with Gasteiger partial charge in [0.15, 0.2) is 0 Å². The molecule has 0 bridgehead atoms. The zero-order valence-corrected chi connectivity index (χ0v) is 24.7. The molecule has 0 N–H and O–H groups in total. The molecule has 9 aromatic carbocycles. The lowest BCUT2D eigenvalue weighted by Crippen LogP contribution is -2.11. The molecule has 0 radical (unpaired) electrons. The van der Waals surface area contributed by atoms with E-state index >= 15 is 0 Å². The molecule has 0 atom stereocenters. The average molecular weight is 572 g/mol. The third-order valence-corrected chi connectivity index (χ3v) is 9.17. The van der Waals surface area contributed by atoms with E-state index in [-0.39, 0.29) is 0 Å². The van der Waals surface area contributed by atoms with E-state index in [1.54, 1.807) is 0 Å². The zero-order chi connectivity index (χ0) is 29.7. The molecule has 0 spiro atoms. The van der Waals surface area contributed by atoms with Crippen LogP contribution in [-0.4, -0.2) is 0 Å². The molecule has 0 fully saturated rings. The van der Waals surface area contributed by atoms with E-state index in [0.717, 1.165) is 11.4 Å². The number of hydrogen-bond donors (Lipinski definition) is 0. The summed E-state index contributed by atoms with van der Waals surface area (Å²) in [4.78, 5) is 2.46. The van der Waals surface area contributed by atoms with Gasteiger partial charge in [-0.25, -0.2) is 0 Å². The predicted molar refractivity (Wildman–Crippen MR) is 194 cm³/mol. The molecule has 0 saturated carbocycles. The molecule has 45 heavy (non-hydrogen) atoms. The quantitative estimate of drug-likeness (QED) is 0.190. The van der Waals surface area contributed by atoms with Gasteiger partial charge in [0.05, 0.1) is 5.69 Å². The van der Waals surface area contributed by atoms with Gasteiger partial charge in [-0.1, -0.05) is 146 Å². The van der Waals surface area contributed by atoms with Gasteiger partial charge >= 0.3 is 0 Å². The molecule has 9 rings (SSSR count). The monoisotopic (exact) mass is 571 g/mol. The SMILES string of the molecule is c1ccc(-c2cccc(N(c3ccc4c(ccc5ccccc54)c3)c3cc4ccccc4c4ccc5ccccc5c34)c2)cc1. The van der Waals surface area contributed by atoms with E-state index in [1.807, 2.05) is 0 Å². The lowest BCUT2D eigenvalue weighted by molar-refractivity contribution is 1.31. The number of fused-ring (bicyclic) bond motifs is 8. The summed E-state index contributed by atoms with van der Waals surface area (Å²) in [7, 11) is 0. The van der Waals surface area contributed by atoms with Crippen LogP contribution in [0.4, 0.5) is 17.1 Å². The van der Waals surface area contributed by atoms with Crippen molar-refractivity contribution < 1.29 is 0 Å². The van der Waals surface area contributed by atoms with Crippen molar-refractivity contribution in [3.63, 3.8) is 0 Å². The summed E-state index contributed by atoms with van der Waals surface area (Å²) in [6.45, 7) is 0. The minimum absolute atomic E-state index is 1.13. The van der Waals surface area contributed by atoms with Crippen LogP contribution in [0.5, 0.6) is 0 Å². The Morgan fingerprint density at radius 1 is 0.289 bits per heavy atom. The van der Waals surface area contributed by atoms with Crippen molar-refractivity contribution in [1.29, 1.82) is 0 Å². The summed E-state index contributed by atoms with van der Waals surface area (Å²) in [5.74, 6) is 0. The van der Waals surface area contributed by atoms with E-state index in [0.29, 0.717) is 0 Å². The van der Waals surface area contributed by atoms with Gasteiger partial charge in [-0.05, 0) is 89.9 Å². The molecule has 0 unspecified atom stereocenters. The first-order chi connectivity index (χ1) is 22.3. The van der Waals surface area contributed by atoms with Gasteiger partial charge in [0, 0.05) is 16.8 Å². The van der Waals surface area contributed by atoms with Crippen LogP contribution in [0.1, 0.15) is 0 Å². The molecule has 0 heterocycles. The number of nitrogens with zero attached hydrogens (tertiary/aromatic N) is 1. The summed E-state index contributed by atoms with van der Waals surface area (Å²) in [5.41, 5.74) is 5.83. The maximum absolute atomic E-state index is 2.46. The van der Waals surface area contributed by atoms with Crippen molar-refractivity contribution in [2.24, 2.45) is 0 Å². The molecule has 1 heteroatoms. The first-order valence-electron chi connectivity index (χ1n) is 15.5. The highest BCUT2D eigenvalue weighted by Crippen LogP contribution is 2.46. The van der Waals surface area contributed by atoms with Crippen molar-refractivity contribution in [2.45, 2.75) is 0 Å². The molecule has 0 aromatic heterocycles. The molecule has 0 aliphatic rings. The molecule has 0 aliphatic carbocycles. The van der Waals surface area contributed by atoms with E-state index in [4.69, 9.17) is 0 Å². The van der Waals surface area contributed by atoms with Gasteiger partial charge in [-0.2, -0.15) is 0 Å². The van der Waals surface area contributed by atoms with Crippen molar-refractivity contribution >= 4 is 70.9 Å². The molecule has 0 saturated heterocycles. The van der Waals surface area contributed by atoms with Crippen molar-refractivity contribution in [2.75, 3.05) is 4.90 Å². The van der Waals surface area contributed by atoms with Crippen LogP contribution >= 0.6 is 0 Å². The Morgan fingerprint density at radius 3 is 1.64 bits per heavy atom. The lowest BCUT2D eigenvalue weighted by atomic mass is 9.94. The summed E-state index contributed by atoms with van der Waals surface area (Å²) in [6, 6.07) is 64.2. The highest BCUT2D eigenvalue weighted by atomic mass is 15.1. The van der Waals surface area contributed by atoms with Crippen LogP contribution < -0.4 is 4.90 Å². The number of rotatable bonds is 4. The molecule has 9 aromatic rings. The third kappa shape index (κ3) is 4.24. The fraction of sp³-hybridized carbons (Fsp3) is 0. The highest BCUT2D eigenvalue weighted by molar-refractivity contribution is 6.23. The highest BCUT2D eigenvalue weighted by Gasteiger charge is 2.20. The van der Waals surface area contributed by atoms with Crippen LogP contribution in [0.25, 0.3) is 65.0 Å². The summed E-state index contributed by atoms with van der Waals surface area (Å²) < 4.78 is 0. The van der Waals surface area contributed by atoms with E-state index in [9.17, 15) is 0 Å². The van der Waals surface area contributed by atoms with Gasteiger partial charge in [-0.3, -0.25) is 0 Å². The Hall–Kier alpha value is -5.92. The topological polar surface area (TPSA) is 3.24 Å². The van der Waals surface area contributed by atoms with Crippen LogP contribution in [0.15, 0.2) is 176 Å². The molecule has 210 valence electrons. The predicted octanol–water partition coefficient (Wildman–Crippen LogP) is 12.6. The minimum atomic E-state index is 1.13. The minimum Gasteiger partial charge on any atom is -0.310 e. The molecule has 0 amide bonds. The first kappa shape index (κ1) is 25.6. The Labute approximate surface area is 262 Å². The van der Waals surface area contributed by atoms with Crippen LogP contribution in [0.2, 0.25) is 0 Å². The standard InChI is InChI=1S/C44H29N/c1-2-11-30(12-3-1)33-16-10-17-36(27-33)45(37-24-26-40-35(28-37)22-21-31-13-4-7-18-38(31)40)43-29-34-15-6-8-19-39(34)42-25-23-32-14-5-9-20-41(32)44(42)43/h1-29H. The van der Waals surface area contributed by atoms with Crippen LogP contribution in [0, 0.1) is 0 Å². The summed E-state index contributed by atoms with van der Waals surface area (Å²) in [6.07, 6.45) is 0. The zero-order valence-electron chi connectivity index (χ0n) is 24.7. The Balaban J connectivity index is 1.38.